The number of esters is 1. The minimum absolute atomic E-state index is 0.00885. The van der Waals surface area contributed by atoms with E-state index in [1.165, 1.54) is 327 Å². The first-order chi connectivity index (χ1) is 41.0. The van der Waals surface area contributed by atoms with Crippen molar-refractivity contribution in [1.29, 1.82) is 0 Å². The molecule has 0 aliphatic rings. The third-order valence-corrected chi connectivity index (χ3v) is 17.3. The second-order valence-corrected chi connectivity index (χ2v) is 25.6. The Morgan fingerprint density at radius 3 is 0.928 bits per heavy atom. The normalized spacial score (nSPS) is 12.8. The molecule has 6 heteroatoms. The summed E-state index contributed by atoms with van der Waals surface area (Å²) in [5, 5.41) is 23.2. The monoisotopic (exact) mass is 1160 g/mol. The molecule has 0 saturated heterocycles. The van der Waals surface area contributed by atoms with Crippen LogP contribution >= 0.6 is 0 Å². The lowest BCUT2D eigenvalue weighted by Gasteiger charge is -2.20. The number of allylic oxidation sites excluding steroid dienone is 7. The third-order valence-electron chi connectivity index (χ3n) is 17.3. The highest BCUT2D eigenvalue weighted by Crippen LogP contribution is 2.18. The molecule has 0 saturated carbocycles. The van der Waals surface area contributed by atoms with E-state index in [2.05, 4.69) is 55.6 Å². The van der Waals surface area contributed by atoms with E-state index in [0.29, 0.717) is 19.4 Å². The summed E-state index contributed by atoms with van der Waals surface area (Å²) in [6.07, 6.45) is 95.0. The summed E-state index contributed by atoms with van der Waals surface area (Å²) in [4.78, 5) is 24.6. The number of aliphatic hydroxyl groups excluding tert-OH is 2. The molecule has 0 aromatic heterocycles. The maximum atomic E-state index is 12.5. The van der Waals surface area contributed by atoms with Crippen LogP contribution in [0, 0.1) is 0 Å². The van der Waals surface area contributed by atoms with Crippen molar-refractivity contribution in [2.45, 2.75) is 418 Å². The topological polar surface area (TPSA) is 95.9 Å². The predicted octanol–water partition coefficient (Wildman–Crippen LogP) is 24.4. The van der Waals surface area contributed by atoms with Gasteiger partial charge >= 0.3 is 5.97 Å². The van der Waals surface area contributed by atoms with Crippen molar-refractivity contribution in [2.75, 3.05) is 13.2 Å². The van der Waals surface area contributed by atoms with Gasteiger partial charge in [-0.05, 0) is 89.9 Å². The van der Waals surface area contributed by atoms with E-state index in [4.69, 9.17) is 4.74 Å². The SMILES string of the molecule is CCCCCCCC/C=C\CCCCCCCC(=O)OCCCCCCCCCCCCC/C=C\C/C=C\CCCCCCCCCCCCCCCCCCCC(=O)NC(CO)C(O)/C=C/CCCCCCCCCCCCCCCC. The summed E-state index contributed by atoms with van der Waals surface area (Å²) in [7, 11) is 0. The molecule has 0 spiro atoms. The van der Waals surface area contributed by atoms with E-state index in [1.807, 2.05) is 6.08 Å². The van der Waals surface area contributed by atoms with E-state index in [-0.39, 0.29) is 18.5 Å². The number of ether oxygens (including phenoxy) is 1. The Morgan fingerprint density at radius 2 is 0.602 bits per heavy atom. The van der Waals surface area contributed by atoms with Crippen LogP contribution in [0.2, 0.25) is 0 Å². The largest absolute Gasteiger partial charge is 0.466 e. The minimum atomic E-state index is -0.843. The fourth-order valence-corrected chi connectivity index (χ4v) is 11.6. The van der Waals surface area contributed by atoms with Crippen molar-refractivity contribution < 1.29 is 24.5 Å². The van der Waals surface area contributed by atoms with Crippen LogP contribution in [0.5, 0.6) is 0 Å². The van der Waals surface area contributed by atoms with Gasteiger partial charge in [0.1, 0.15) is 0 Å². The van der Waals surface area contributed by atoms with Crippen LogP contribution in [0.4, 0.5) is 0 Å². The minimum Gasteiger partial charge on any atom is -0.466 e. The van der Waals surface area contributed by atoms with Gasteiger partial charge in [-0.25, -0.2) is 0 Å². The fraction of sp³-hybridized carbons (Fsp3) is 0.870. The van der Waals surface area contributed by atoms with Crippen molar-refractivity contribution in [3.63, 3.8) is 0 Å². The number of carbonyl (C=O) groups is 2. The number of rotatable bonds is 70. The summed E-state index contributed by atoms with van der Waals surface area (Å²) in [5.74, 6) is -0.0544. The smallest absolute Gasteiger partial charge is 0.305 e. The van der Waals surface area contributed by atoms with E-state index >= 15 is 0 Å². The first-order valence-corrected chi connectivity index (χ1v) is 37.4. The Bertz CT molecular complexity index is 1390. The number of hydrogen-bond acceptors (Lipinski definition) is 5. The zero-order valence-electron chi connectivity index (χ0n) is 55.9. The second kappa shape index (κ2) is 72.3. The Hall–Kier alpha value is -2.18. The molecule has 0 fully saturated rings. The fourth-order valence-electron chi connectivity index (χ4n) is 11.6. The third kappa shape index (κ3) is 68.8. The first kappa shape index (κ1) is 80.8. The maximum absolute atomic E-state index is 12.5. The summed E-state index contributed by atoms with van der Waals surface area (Å²) in [5.41, 5.74) is 0. The van der Waals surface area contributed by atoms with Gasteiger partial charge in [0.2, 0.25) is 5.91 Å². The van der Waals surface area contributed by atoms with Crippen LogP contribution in [0.25, 0.3) is 0 Å². The van der Waals surface area contributed by atoms with Crippen molar-refractivity contribution in [2.24, 2.45) is 0 Å². The molecule has 3 N–H and O–H groups in total. The molecule has 1 amide bonds. The molecule has 2 unspecified atom stereocenters. The van der Waals surface area contributed by atoms with Gasteiger partial charge < -0.3 is 20.3 Å². The molecule has 0 rings (SSSR count). The summed E-state index contributed by atoms with van der Waals surface area (Å²) in [6, 6.07) is -0.627. The van der Waals surface area contributed by atoms with E-state index in [0.717, 1.165) is 51.4 Å². The molecule has 0 aliphatic carbocycles. The molecule has 2 atom stereocenters. The molecule has 6 nitrogen and oxygen atoms in total. The first-order valence-electron chi connectivity index (χ1n) is 37.4. The van der Waals surface area contributed by atoms with Gasteiger partial charge in [-0.2, -0.15) is 0 Å². The van der Waals surface area contributed by atoms with E-state index in [1.54, 1.807) is 6.08 Å². The van der Waals surface area contributed by atoms with Crippen molar-refractivity contribution in [1.82, 2.24) is 5.32 Å². The lowest BCUT2D eigenvalue weighted by molar-refractivity contribution is -0.143. The quantitative estimate of drug-likeness (QED) is 0.0320. The standard InChI is InChI=1S/C77H145NO5/c1-3-5-7-9-11-13-15-17-19-42-45-49-53-57-61-65-69-75(80)74(73-79)78-76(81)70-66-62-58-54-50-46-43-39-37-35-33-31-29-27-25-23-21-20-22-24-26-28-30-32-34-36-38-40-44-48-52-56-60-64-68-72-83-77(82)71-67-63-59-55-51-47-41-18-16-14-12-10-8-6-4-2/h18,22,24,28,30,41,65,69,74-75,79-80H,3-17,19-21,23,25-27,29,31-40,42-64,66-68,70-73H2,1-2H3,(H,78,81)/b24-22-,30-28-,41-18-,69-65+. The number of aliphatic hydroxyl groups is 2. The van der Waals surface area contributed by atoms with Crippen molar-refractivity contribution >= 4 is 11.9 Å². The molecule has 83 heavy (non-hydrogen) atoms. The number of unbranched alkanes of at least 4 members (excludes halogenated alkanes) is 53. The van der Waals surface area contributed by atoms with Gasteiger partial charge in [-0.15, -0.1) is 0 Å². The van der Waals surface area contributed by atoms with Crippen molar-refractivity contribution in [3.05, 3.63) is 48.6 Å². The highest BCUT2D eigenvalue weighted by Gasteiger charge is 2.18. The molecule has 488 valence electrons. The van der Waals surface area contributed by atoms with Gasteiger partial charge in [-0.3, -0.25) is 9.59 Å². The average Bonchev–Trinajstić information content (AvgIpc) is 3.49. The van der Waals surface area contributed by atoms with Gasteiger partial charge in [0.05, 0.1) is 25.4 Å². The molecule has 0 bridgehead atoms. The predicted molar refractivity (Wildman–Crippen MR) is 366 cm³/mol. The summed E-state index contributed by atoms with van der Waals surface area (Å²) in [6.45, 7) is 4.92. The second-order valence-electron chi connectivity index (χ2n) is 25.6. The van der Waals surface area contributed by atoms with Crippen LogP contribution in [0.1, 0.15) is 406 Å². The van der Waals surface area contributed by atoms with Gasteiger partial charge in [0.15, 0.2) is 0 Å². The Labute approximate surface area is 518 Å². The molecule has 0 radical (unpaired) electrons. The molecule has 0 heterocycles. The van der Waals surface area contributed by atoms with Crippen molar-refractivity contribution in [3.8, 4) is 0 Å². The molecule has 0 aromatic carbocycles. The zero-order valence-corrected chi connectivity index (χ0v) is 55.9. The maximum Gasteiger partial charge on any atom is 0.305 e. The zero-order chi connectivity index (χ0) is 59.9. The van der Waals surface area contributed by atoms with Gasteiger partial charge in [-0.1, -0.05) is 351 Å². The average molecular weight is 1170 g/mol. The van der Waals surface area contributed by atoms with Gasteiger partial charge in [0, 0.05) is 12.8 Å². The number of carbonyl (C=O) groups excluding carboxylic acids is 2. The Morgan fingerprint density at radius 1 is 0.337 bits per heavy atom. The number of nitrogens with one attached hydrogen (secondary N) is 1. The summed E-state index contributed by atoms with van der Waals surface area (Å²) >= 11 is 0. The van der Waals surface area contributed by atoms with Gasteiger partial charge in [0.25, 0.3) is 0 Å². The van der Waals surface area contributed by atoms with Crippen LogP contribution in [0.15, 0.2) is 48.6 Å². The number of amides is 1. The Kier molecular flexibility index (Phi) is 70.4. The Balaban J connectivity index is 3.38. The van der Waals surface area contributed by atoms with E-state index < -0.39 is 12.1 Å². The molecule has 0 aliphatic heterocycles. The van der Waals surface area contributed by atoms with E-state index in [9.17, 15) is 19.8 Å². The lowest BCUT2D eigenvalue weighted by atomic mass is 10.0. The number of hydrogen-bond donors (Lipinski definition) is 3. The molecular weight excluding hydrogens is 1020 g/mol. The van der Waals surface area contributed by atoms with Crippen LogP contribution in [0.3, 0.4) is 0 Å². The summed E-state index contributed by atoms with van der Waals surface area (Å²) < 4.78 is 5.49. The van der Waals surface area contributed by atoms with Crippen LogP contribution in [-0.2, 0) is 14.3 Å². The molecule has 0 aromatic rings. The van der Waals surface area contributed by atoms with Crippen LogP contribution in [-0.4, -0.2) is 47.4 Å². The highest BCUT2D eigenvalue weighted by molar-refractivity contribution is 5.76. The lowest BCUT2D eigenvalue weighted by Crippen LogP contribution is -2.45. The van der Waals surface area contributed by atoms with Crippen LogP contribution < -0.4 is 5.32 Å². The highest BCUT2D eigenvalue weighted by atomic mass is 16.5. The molecular formula is C77H145NO5.